The summed E-state index contributed by atoms with van der Waals surface area (Å²) in [6.07, 6.45) is 0.713. The molecule has 4 aromatic rings. The van der Waals surface area contributed by atoms with E-state index in [1.54, 1.807) is 40.6 Å². The van der Waals surface area contributed by atoms with Gasteiger partial charge in [-0.15, -0.1) is 0 Å². The molecule has 0 atom stereocenters. The normalized spacial score (nSPS) is 10.8. The SMILES string of the molecule is CCc1c(-c2ccc(OC)c(OC)c2)nn(Cc2ccccc2F)c1-c1ccc(OC)c(OC)c1. The van der Waals surface area contributed by atoms with Gasteiger partial charge in [0.25, 0.3) is 0 Å². The third kappa shape index (κ3) is 4.67. The first-order valence-corrected chi connectivity index (χ1v) is 11.3. The fraction of sp³-hybridized carbons (Fsp3) is 0.250. The van der Waals surface area contributed by atoms with Crippen LogP contribution in [0, 0.1) is 5.82 Å². The Balaban J connectivity index is 1.95. The number of rotatable bonds is 9. The zero-order chi connectivity index (χ0) is 24.9. The topological polar surface area (TPSA) is 54.7 Å². The van der Waals surface area contributed by atoms with Crippen molar-refractivity contribution in [3.8, 4) is 45.5 Å². The molecule has 0 radical (unpaired) electrons. The summed E-state index contributed by atoms with van der Waals surface area (Å²) in [5.41, 5.74) is 5.05. The summed E-state index contributed by atoms with van der Waals surface area (Å²) < 4.78 is 38.4. The van der Waals surface area contributed by atoms with Gasteiger partial charge in [0.05, 0.1) is 46.4 Å². The molecule has 0 unspecified atom stereocenters. The predicted molar refractivity (Wildman–Crippen MR) is 134 cm³/mol. The van der Waals surface area contributed by atoms with Crippen molar-refractivity contribution in [2.75, 3.05) is 28.4 Å². The Hall–Kier alpha value is -4.00. The summed E-state index contributed by atoms with van der Waals surface area (Å²) in [6.45, 7) is 2.36. The van der Waals surface area contributed by atoms with E-state index in [1.807, 2.05) is 47.1 Å². The summed E-state index contributed by atoms with van der Waals surface area (Å²) in [5, 5.41) is 4.97. The molecular formula is C28H29FN2O4. The second-order valence-electron chi connectivity index (χ2n) is 7.92. The van der Waals surface area contributed by atoms with Gasteiger partial charge < -0.3 is 18.9 Å². The summed E-state index contributed by atoms with van der Waals surface area (Å²) in [4.78, 5) is 0. The van der Waals surface area contributed by atoms with Crippen LogP contribution in [0.3, 0.4) is 0 Å². The molecule has 4 rings (SSSR count). The highest BCUT2D eigenvalue weighted by Gasteiger charge is 2.22. The second kappa shape index (κ2) is 10.5. The smallest absolute Gasteiger partial charge is 0.161 e. The molecule has 0 N–H and O–H groups in total. The van der Waals surface area contributed by atoms with Crippen molar-refractivity contribution in [2.24, 2.45) is 0 Å². The fourth-order valence-electron chi connectivity index (χ4n) is 4.26. The maximum Gasteiger partial charge on any atom is 0.161 e. The Morgan fingerprint density at radius 2 is 1.31 bits per heavy atom. The molecule has 0 spiro atoms. The number of hydrogen-bond acceptors (Lipinski definition) is 5. The summed E-state index contributed by atoms with van der Waals surface area (Å²) in [7, 11) is 6.42. The molecular weight excluding hydrogens is 447 g/mol. The molecule has 1 heterocycles. The first-order valence-electron chi connectivity index (χ1n) is 11.3. The number of benzene rings is 3. The van der Waals surface area contributed by atoms with Gasteiger partial charge in [-0.1, -0.05) is 25.1 Å². The standard InChI is InChI=1S/C28H29FN2O4/c1-6-21-27(18-11-13-23(32-2)25(15-18)34-4)30-31(17-20-9-7-8-10-22(20)29)28(21)19-12-14-24(33-3)26(16-19)35-5/h7-16H,6,17H2,1-5H3. The Labute approximate surface area is 204 Å². The van der Waals surface area contributed by atoms with Crippen LogP contribution in [0.1, 0.15) is 18.1 Å². The number of methoxy groups -OCH3 is 4. The van der Waals surface area contributed by atoms with E-state index in [9.17, 15) is 4.39 Å². The van der Waals surface area contributed by atoms with Crippen LogP contribution in [0.2, 0.25) is 0 Å². The van der Waals surface area contributed by atoms with Crippen LogP contribution in [0.15, 0.2) is 60.7 Å². The maximum absolute atomic E-state index is 14.6. The number of ether oxygens (including phenoxy) is 4. The van der Waals surface area contributed by atoms with Crippen molar-refractivity contribution in [2.45, 2.75) is 19.9 Å². The Morgan fingerprint density at radius 1 is 0.743 bits per heavy atom. The molecule has 0 saturated heterocycles. The van der Waals surface area contributed by atoms with Crippen LogP contribution < -0.4 is 18.9 Å². The van der Waals surface area contributed by atoms with Crippen molar-refractivity contribution >= 4 is 0 Å². The molecule has 0 aliphatic carbocycles. The van der Waals surface area contributed by atoms with Gasteiger partial charge in [0, 0.05) is 22.3 Å². The third-order valence-electron chi connectivity index (χ3n) is 6.00. The number of hydrogen-bond donors (Lipinski definition) is 0. The van der Waals surface area contributed by atoms with Crippen LogP contribution >= 0.6 is 0 Å². The molecule has 0 aliphatic heterocycles. The third-order valence-corrected chi connectivity index (χ3v) is 6.00. The minimum atomic E-state index is -0.271. The van der Waals surface area contributed by atoms with Crippen LogP contribution in [0.25, 0.3) is 22.5 Å². The Bertz CT molecular complexity index is 1330. The van der Waals surface area contributed by atoms with Gasteiger partial charge in [-0.05, 0) is 48.9 Å². The van der Waals surface area contributed by atoms with Gasteiger partial charge in [-0.3, -0.25) is 4.68 Å². The van der Waals surface area contributed by atoms with E-state index in [1.165, 1.54) is 6.07 Å². The molecule has 1 aromatic heterocycles. The lowest BCUT2D eigenvalue weighted by Gasteiger charge is -2.13. The number of aromatic nitrogens is 2. The van der Waals surface area contributed by atoms with Crippen LogP contribution in [0.4, 0.5) is 4.39 Å². The Kier molecular flexibility index (Phi) is 7.25. The second-order valence-corrected chi connectivity index (χ2v) is 7.92. The lowest BCUT2D eigenvalue weighted by atomic mass is 9.99. The van der Waals surface area contributed by atoms with Crippen molar-refractivity contribution in [3.63, 3.8) is 0 Å². The summed E-state index contributed by atoms with van der Waals surface area (Å²) >= 11 is 0. The van der Waals surface area contributed by atoms with E-state index >= 15 is 0 Å². The molecule has 0 bridgehead atoms. The van der Waals surface area contributed by atoms with Crippen LogP contribution in [-0.4, -0.2) is 38.2 Å². The molecule has 0 saturated carbocycles. The Morgan fingerprint density at radius 3 is 1.89 bits per heavy atom. The van der Waals surface area contributed by atoms with Crippen molar-refractivity contribution in [1.82, 2.24) is 9.78 Å². The van der Waals surface area contributed by atoms with E-state index in [2.05, 4.69) is 6.92 Å². The minimum absolute atomic E-state index is 0.271. The summed E-state index contributed by atoms with van der Waals surface area (Å²) in [5.74, 6) is 2.23. The zero-order valence-corrected chi connectivity index (χ0v) is 20.6. The number of nitrogens with zero attached hydrogens (tertiary/aromatic N) is 2. The van der Waals surface area contributed by atoms with Crippen LogP contribution in [-0.2, 0) is 13.0 Å². The number of halogens is 1. The van der Waals surface area contributed by atoms with E-state index in [-0.39, 0.29) is 12.4 Å². The average molecular weight is 477 g/mol. The molecule has 0 aliphatic rings. The quantitative estimate of drug-likeness (QED) is 0.297. The van der Waals surface area contributed by atoms with Gasteiger partial charge in [-0.25, -0.2) is 4.39 Å². The van der Waals surface area contributed by atoms with E-state index < -0.39 is 0 Å². The first kappa shape index (κ1) is 24.1. The first-order chi connectivity index (χ1) is 17.0. The predicted octanol–water partition coefficient (Wildman–Crippen LogP) is 6.00. The average Bonchev–Trinajstić information content (AvgIpc) is 3.27. The summed E-state index contributed by atoms with van der Waals surface area (Å²) in [6, 6.07) is 18.2. The van der Waals surface area contributed by atoms with E-state index in [4.69, 9.17) is 24.0 Å². The molecule has 6 nitrogen and oxygen atoms in total. The highest BCUT2D eigenvalue weighted by Crippen LogP contribution is 2.39. The minimum Gasteiger partial charge on any atom is -0.493 e. The lowest BCUT2D eigenvalue weighted by Crippen LogP contribution is -2.06. The monoisotopic (exact) mass is 476 g/mol. The molecule has 0 amide bonds. The maximum atomic E-state index is 14.6. The van der Waals surface area contributed by atoms with E-state index in [0.717, 1.165) is 28.1 Å². The van der Waals surface area contributed by atoms with Gasteiger partial charge in [0.15, 0.2) is 23.0 Å². The highest BCUT2D eigenvalue weighted by atomic mass is 19.1. The molecule has 3 aromatic carbocycles. The largest absolute Gasteiger partial charge is 0.493 e. The van der Waals surface area contributed by atoms with Gasteiger partial charge in [0.1, 0.15) is 5.82 Å². The van der Waals surface area contributed by atoms with Crippen molar-refractivity contribution in [3.05, 3.63) is 77.6 Å². The highest BCUT2D eigenvalue weighted by molar-refractivity contribution is 5.77. The molecule has 7 heteroatoms. The zero-order valence-electron chi connectivity index (χ0n) is 20.6. The lowest BCUT2D eigenvalue weighted by molar-refractivity contribution is 0.355. The van der Waals surface area contributed by atoms with Gasteiger partial charge in [0.2, 0.25) is 0 Å². The fourth-order valence-corrected chi connectivity index (χ4v) is 4.26. The van der Waals surface area contributed by atoms with Crippen molar-refractivity contribution < 1.29 is 23.3 Å². The van der Waals surface area contributed by atoms with E-state index in [0.29, 0.717) is 35.0 Å². The van der Waals surface area contributed by atoms with Gasteiger partial charge in [-0.2, -0.15) is 5.10 Å². The molecule has 0 fully saturated rings. The molecule has 182 valence electrons. The van der Waals surface area contributed by atoms with Gasteiger partial charge >= 0.3 is 0 Å². The van der Waals surface area contributed by atoms with Crippen LogP contribution in [0.5, 0.6) is 23.0 Å². The molecule has 35 heavy (non-hydrogen) atoms. The van der Waals surface area contributed by atoms with Crippen molar-refractivity contribution in [1.29, 1.82) is 0 Å².